The van der Waals surface area contributed by atoms with Gasteiger partial charge in [-0.25, -0.2) is 0 Å². The van der Waals surface area contributed by atoms with E-state index in [4.69, 9.17) is 0 Å². The van der Waals surface area contributed by atoms with E-state index in [1.807, 2.05) is 6.07 Å². The first-order chi connectivity index (χ1) is 11.1. The summed E-state index contributed by atoms with van der Waals surface area (Å²) < 4.78 is 1.07. The predicted octanol–water partition coefficient (Wildman–Crippen LogP) is 5.04. The molecule has 1 amide bonds. The van der Waals surface area contributed by atoms with Gasteiger partial charge < -0.3 is 5.32 Å². The lowest BCUT2D eigenvalue weighted by molar-refractivity contribution is -0.119. The highest BCUT2D eigenvalue weighted by molar-refractivity contribution is 9.10. The first-order valence-electron chi connectivity index (χ1n) is 7.89. The van der Waals surface area contributed by atoms with Crippen LogP contribution >= 0.6 is 27.7 Å². The fourth-order valence-corrected chi connectivity index (χ4v) is 4.35. The van der Waals surface area contributed by atoms with E-state index < -0.39 is 0 Å². The summed E-state index contributed by atoms with van der Waals surface area (Å²) in [6.45, 7) is 2.07. The topological polar surface area (TPSA) is 29.1 Å². The van der Waals surface area contributed by atoms with Crippen LogP contribution in [0.15, 0.2) is 51.8 Å². The van der Waals surface area contributed by atoms with E-state index in [9.17, 15) is 4.79 Å². The Morgan fingerprint density at radius 2 is 2.13 bits per heavy atom. The molecule has 0 radical (unpaired) electrons. The van der Waals surface area contributed by atoms with Gasteiger partial charge in [-0.15, -0.1) is 11.8 Å². The maximum atomic E-state index is 12.3. The van der Waals surface area contributed by atoms with Crippen molar-refractivity contribution in [3.05, 3.63) is 63.6 Å². The van der Waals surface area contributed by atoms with Crippen molar-refractivity contribution in [2.75, 3.05) is 5.75 Å². The highest BCUT2D eigenvalue weighted by Crippen LogP contribution is 2.30. The molecule has 2 aromatic carbocycles. The van der Waals surface area contributed by atoms with Gasteiger partial charge in [0.25, 0.3) is 0 Å². The predicted molar refractivity (Wildman–Crippen MR) is 99.9 cm³/mol. The summed E-state index contributed by atoms with van der Waals surface area (Å²) in [7, 11) is 0. The molecule has 0 aliphatic heterocycles. The number of thioether (sulfide) groups is 1. The van der Waals surface area contributed by atoms with Gasteiger partial charge in [0, 0.05) is 9.37 Å². The van der Waals surface area contributed by atoms with Crippen molar-refractivity contribution in [2.45, 2.75) is 37.1 Å². The molecule has 1 N–H and O–H groups in total. The summed E-state index contributed by atoms with van der Waals surface area (Å²) in [5, 5.41) is 3.21. The first-order valence-corrected chi connectivity index (χ1v) is 9.67. The Bertz CT molecular complexity index is 716. The molecule has 1 aliphatic rings. The second-order valence-corrected chi connectivity index (χ2v) is 7.84. The Labute approximate surface area is 150 Å². The van der Waals surface area contributed by atoms with Gasteiger partial charge in [0.1, 0.15) is 0 Å². The molecule has 1 atom stereocenters. The van der Waals surface area contributed by atoms with Crippen LogP contribution in [-0.4, -0.2) is 11.7 Å². The minimum atomic E-state index is 0.110. The lowest BCUT2D eigenvalue weighted by Crippen LogP contribution is -2.32. The molecule has 0 fully saturated rings. The van der Waals surface area contributed by atoms with E-state index in [2.05, 4.69) is 64.6 Å². The van der Waals surface area contributed by atoms with Crippen LogP contribution in [0.5, 0.6) is 0 Å². The number of aryl methyl sites for hydroxylation is 2. The SMILES string of the molecule is Cc1cc(Br)ccc1SCC(=O)N[C@@H]1CCCc2ccccc21. The number of halogens is 1. The Balaban J connectivity index is 1.60. The lowest BCUT2D eigenvalue weighted by atomic mass is 9.88. The van der Waals surface area contributed by atoms with Gasteiger partial charge in [-0.3, -0.25) is 4.79 Å². The number of carbonyl (C=O) groups excluding carboxylic acids is 1. The van der Waals surface area contributed by atoms with Crippen LogP contribution in [0.2, 0.25) is 0 Å². The number of benzene rings is 2. The van der Waals surface area contributed by atoms with Crippen LogP contribution in [0.25, 0.3) is 0 Å². The minimum Gasteiger partial charge on any atom is -0.349 e. The third kappa shape index (κ3) is 4.18. The molecule has 0 heterocycles. The quantitative estimate of drug-likeness (QED) is 0.741. The van der Waals surface area contributed by atoms with Gasteiger partial charge in [-0.2, -0.15) is 0 Å². The Hall–Kier alpha value is -1.26. The average Bonchev–Trinajstić information content (AvgIpc) is 2.54. The standard InChI is InChI=1S/C19H20BrNOS/c1-13-11-15(20)9-10-18(13)23-12-19(22)21-17-8-4-6-14-5-2-3-7-16(14)17/h2-3,5,7,9-11,17H,4,6,8,12H2,1H3,(H,21,22)/t17-/m1/s1. The van der Waals surface area contributed by atoms with Crippen molar-refractivity contribution >= 4 is 33.6 Å². The molecule has 0 saturated carbocycles. The number of amides is 1. The van der Waals surface area contributed by atoms with Crippen molar-refractivity contribution in [2.24, 2.45) is 0 Å². The molecule has 0 spiro atoms. The summed E-state index contributed by atoms with van der Waals surface area (Å²) >= 11 is 5.07. The summed E-state index contributed by atoms with van der Waals surface area (Å²) in [5.41, 5.74) is 3.86. The molecule has 23 heavy (non-hydrogen) atoms. The molecular weight excluding hydrogens is 370 g/mol. The highest BCUT2D eigenvalue weighted by atomic mass is 79.9. The van der Waals surface area contributed by atoms with Crippen molar-refractivity contribution in [3.63, 3.8) is 0 Å². The average molecular weight is 390 g/mol. The van der Waals surface area contributed by atoms with Crippen molar-refractivity contribution in [1.82, 2.24) is 5.32 Å². The number of fused-ring (bicyclic) bond motifs is 1. The summed E-state index contributed by atoms with van der Waals surface area (Å²) in [5.74, 6) is 0.570. The van der Waals surface area contributed by atoms with E-state index in [0.29, 0.717) is 5.75 Å². The number of hydrogen-bond acceptors (Lipinski definition) is 2. The van der Waals surface area contributed by atoms with Crippen molar-refractivity contribution in [1.29, 1.82) is 0 Å². The van der Waals surface area contributed by atoms with E-state index >= 15 is 0 Å². The molecule has 0 aromatic heterocycles. The summed E-state index contributed by atoms with van der Waals surface area (Å²) in [6.07, 6.45) is 3.29. The molecule has 2 nitrogen and oxygen atoms in total. The zero-order valence-corrected chi connectivity index (χ0v) is 15.5. The number of hydrogen-bond donors (Lipinski definition) is 1. The zero-order chi connectivity index (χ0) is 16.2. The maximum Gasteiger partial charge on any atom is 0.230 e. The minimum absolute atomic E-state index is 0.110. The Morgan fingerprint density at radius 3 is 2.96 bits per heavy atom. The van der Waals surface area contributed by atoms with Crippen LogP contribution in [0.4, 0.5) is 0 Å². The van der Waals surface area contributed by atoms with Gasteiger partial charge in [-0.1, -0.05) is 40.2 Å². The molecule has 2 aromatic rings. The van der Waals surface area contributed by atoms with E-state index in [1.165, 1.54) is 16.7 Å². The zero-order valence-electron chi connectivity index (χ0n) is 13.1. The van der Waals surface area contributed by atoms with Gasteiger partial charge >= 0.3 is 0 Å². The van der Waals surface area contributed by atoms with Gasteiger partial charge in [0.2, 0.25) is 5.91 Å². The largest absolute Gasteiger partial charge is 0.349 e. The highest BCUT2D eigenvalue weighted by Gasteiger charge is 2.21. The fraction of sp³-hybridized carbons (Fsp3) is 0.316. The molecule has 0 saturated heterocycles. The van der Waals surface area contributed by atoms with Gasteiger partial charge in [0.15, 0.2) is 0 Å². The summed E-state index contributed by atoms with van der Waals surface area (Å²) in [6, 6.07) is 14.8. The number of carbonyl (C=O) groups is 1. The number of nitrogens with one attached hydrogen (secondary N) is 1. The van der Waals surface area contributed by atoms with Gasteiger partial charge in [0.05, 0.1) is 11.8 Å². The Kier molecular flexibility index (Phi) is 5.44. The molecule has 1 aliphatic carbocycles. The summed E-state index contributed by atoms with van der Waals surface area (Å²) in [4.78, 5) is 13.5. The van der Waals surface area contributed by atoms with Crippen LogP contribution < -0.4 is 5.32 Å². The first kappa shape index (κ1) is 16.6. The molecule has 4 heteroatoms. The lowest BCUT2D eigenvalue weighted by Gasteiger charge is -2.26. The van der Waals surface area contributed by atoms with E-state index in [0.717, 1.165) is 28.6 Å². The van der Waals surface area contributed by atoms with Gasteiger partial charge in [-0.05, 0) is 61.1 Å². The monoisotopic (exact) mass is 389 g/mol. The second-order valence-electron chi connectivity index (χ2n) is 5.91. The second kappa shape index (κ2) is 7.54. The number of rotatable bonds is 4. The smallest absolute Gasteiger partial charge is 0.230 e. The maximum absolute atomic E-state index is 12.3. The molecule has 120 valence electrons. The van der Waals surface area contributed by atoms with Crippen LogP contribution in [0, 0.1) is 6.92 Å². The van der Waals surface area contributed by atoms with Crippen molar-refractivity contribution < 1.29 is 4.79 Å². The van der Waals surface area contributed by atoms with Crippen molar-refractivity contribution in [3.8, 4) is 0 Å². The van der Waals surface area contributed by atoms with E-state index in [1.54, 1.807) is 11.8 Å². The third-order valence-electron chi connectivity index (χ3n) is 4.20. The fourth-order valence-electron chi connectivity index (χ4n) is 3.06. The molecular formula is C19H20BrNOS. The third-order valence-corrected chi connectivity index (χ3v) is 5.87. The molecule has 0 bridgehead atoms. The van der Waals surface area contributed by atoms with Crippen LogP contribution in [0.3, 0.4) is 0 Å². The van der Waals surface area contributed by atoms with Crippen LogP contribution in [-0.2, 0) is 11.2 Å². The normalized spacial score (nSPS) is 16.7. The molecule has 3 rings (SSSR count). The Morgan fingerprint density at radius 1 is 1.30 bits per heavy atom. The van der Waals surface area contributed by atoms with E-state index in [-0.39, 0.29) is 11.9 Å². The molecule has 0 unspecified atom stereocenters. The van der Waals surface area contributed by atoms with Crippen LogP contribution in [0.1, 0.15) is 35.6 Å².